The maximum atomic E-state index is 5.40. The summed E-state index contributed by atoms with van der Waals surface area (Å²) in [6.45, 7) is 4.11. The highest BCUT2D eigenvalue weighted by Gasteiger charge is 2.16. The molecule has 0 amide bonds. The normalized spacial score (nSPS) is 11.9. The van der Waals surface area contributed by atoms with Crippen molar-refractivity contribution in [2.24, 2.45) is 0 Å². The van der Waals surface area contributed by atoms with Crippen LogP contribution in [0.25, 0.3) is 0 Å². The van der Waals surface area contributed by atoms with Crippen LogP contribution in [0.2, 0.25) is 0 Å². The monoisotopic (exact) mass is 216 g/mol. The standard InChI is InChI=1S/C8H16N4OS/c1-8(2,13-3)4-5-14-7-10-6(9)11-12-7/h4-5H2,1-3H3,(H3,9,10,11,12). The molecule has 80 valence electrons. The molecule has 0 spiro atoms. The second-order valence-electron chi connectivity index (χ2n) is 3.57. The number of H-pyrrole nitrogens is 1. The average molecular weight is 216 g/mol. The summed E-state index contributed by atoms with van der Waals surface area (Å²) in [6.07, 6.45) is 0.947. The van der Waals surface area contributed by atoms with Crippen molar-refractivity contribution in [3.63, 3.8) is 0 Å². The zero-order valence-electron chi connectivity index (χ0n) is 8.70. The lowest BCUT2D eigenvalue weighted by Gasteiger charge is -2.21. The molecule has 0 aliphatic rings. The van der Waals surface area contributed by atoms with Crippen LogP contribution in [0.4, 0.5) is 5.95 Å². The number of nitrogens with two attached hydrogens (primary N) is 1. The molecule has 0 aliphatic heterocycles. The number of aromatic amines is 1. The lowest BCUT2D eigenvalue weighted by molar-refractivity contribution is 0.0206. The van der Waals surface area contributed by atoms with Gasteiger partial charge in [-0.25, -0.2) is 5.10 Å². The number of methoxy groups -OCH3 is 1. The summed E-state index contributed by atoms with van der Waals surface area (Å²) in [6, 6.07) is 0. The number of aromatic nitrogens is 3. The Hall–Kier alpha value is -0.750. The van der Waals surface area contributed by atoms with E-state index in [1.165, 1.54) is 0 Å². The number of nitrogens with one attached hydrogen (secondary N) is 1. The molecule has 0 aliphatic carbocycles. The van der Waals surface area contributed by atoms with Gasteiger partial charge in [-0.2, -0.15) is 4.98 Å². The highest BCUT2D eigenvalue weighted by molar-refractivity contribution is 7.99. The first-order chi connectivity index (χ1) is 6.53. The van der Waals surface area contributed by atoms with Crippen LogP contribution in [-0.4, -0.2) is 33.6 Å². The van der Waals surface area contributed by atoms with Crippen LogP contribution in [0, 0.1) is 0 Å². The number of ether oxygens (including phenoxy) is 1. The molecule has 0 saturated carbocycles. The van der Waals surface area contributed by atoms with Crippen molar-refractivity contribution in [2.75, 3.05) is 18.6 Å². The van der Waals surface area contributed by atoms with Crippen molar-refractivity contribution in [3.05, 3.63) is 0 Å². The van der Waals surface area contributed by atoms with E-state index in [1.807, 2.05) is 0 Å². The van der Waals surface area contributed by atoms with Crippen LogP contribution in [-0.2, 0) is 4.74 Å². The summed E-state index contributed by atoms with van der Waals surface area (Å²) in [5.74, 6) is 1.27. The van der Waals surface area contributed by atoms with Crippen molar-refractivity contribution in [2.45, 2.75) is 31.0 Å². The summed E-state index contributed by atoms with van der Waals surface area (Å²) in [5.41, 5.74) is 5.31. The Labute approximate surface area is 87.8 Å². The number of hydrogen-bond donors (Lipinski definition) is 2. The molecule has 3 N–H and O–H groups in total. The first kappa shape index (κ1) is 11.3. The van der Waals surface area contributed by atoms with Gasteiger partial charge in [0.05, 0.1) is 5.60 Å². The Morgan fingerprint density at radius 2 is 2.29 bits per heavy atom. The minimum atomic E-state index is -0.0884. The summed E-state index contributed by atoms with van der Waals surface area (Å²) in [4.78, 5) is 3.99. The minimum absolute atomic E-state index is 0.0884. The molecule has 6 heteroatoms. The van der Waals surface area contributed by atoms with Gasteiger partial charge in [-0.1, -0.05) is 11.8 Å². The molecule has 1 aromatic rings. The molecular formula is C8H16N4OS. The van der Waals surface area contributed by atoms with E-state index in [4.69, 9.17) is 10.5 Å². The molecule has 0 unspecified atom stereocenters. The van der Waals surface area contributed by atoms with Crippen molar-refractivity contribution in [1.82, 2.24) is 15.2 Å². The average Bonchev–Trinajstić information content (AvgIpc) is 2.51. The number of thioether (sulfide) groups is 1. The number of rotatable bonds is 5. The summed E-state index contributed by atoms with van der Waals surface area (Å²) < 4.78 is 5.29. The van der Waals surface area contributed by atoms with E-state index in [1.54, 1.807) is 18.9 Å². The zero-order valence-corrected chi connectivity index (χ0v) is 9.52. The molecule has 0 radical (unpaired) electrons. The summed E-state index contributed by atoms with van der Waals surface area (Å²) in [7, 11) is 1.72. The maximum Gasteiger partial charge on any atom is 0.216 e. The summed E-state index contributed by atoms with van der Waals surface area (Å²) >= 11 is 1.57. The van der Waals surface area contributed by atoms with Crippen LogP contribution in [0.15, 0.2) is 5.16 Å². The number of nitrogens with zero attached hydrogens (tertiary/aromatic N) is 2. The Bertz CT molecular complexity index is 287. The highest BCUT2D eigenvalue weighted by atomic mass is 32.2. The fourth-order valence-electron chi connectivity index (χ4n) is 0.813. The van der Waals surface area contributed by atoms with Crippen LogP contribution < -0.4 is 5.73 Å². The third-order valence-corrected chi connectivity index (χ3v) is 2.82. The molecule has 0 aromatic carbocycles. The van der Waals surface area contributed by atoms with E-state index in [2.05, 4.69) is 29.0 Å². The van der Waals surface area contributed by atoms with Gasteiger partial charge in [0.2, 0.25) is 11.1 Å². The topological polar surface area (TPSA) is 76.8 Å². The largest absolute Gasteiger partial charge is 0.379 e. The SMILES string of the molecule is COC(C)(C)CCSc1n[nH]c(N)n1. The van der Waals surface area contributed by atoms with Crippen molar-refractivity contribution >= 4 is 17.7 Å². The van der Waals surface area contributed by atoms with Gasteiger partial charge in [0, 0.05) is 12.9 Å². The van der Waals surface area contributed by atoms with E-state index in [-0.39, 0.29) is 5.60 Å². The van der Waals surface area contributed by atoms with Gasteiger partial charge in [-0.05, 0) is 20.3 Å². The molecule has 0 bridgehead atoms. The zero-order chi connectivity index (χ0) is 10.6. The first-order valence-corrected chi connectivity index (χ1v) is 5.38. The van der Waals surface area contributed by atoms with Gasteiger partial charge in [0.25, 0.3) is 0 Å². The van der Waals surface area contributed by atoms with Gasteiger partial charge in [0.15, 0.2) is 0 Å². The van der Waals surface area contributed by atoms with Gasteiger partial charge in [0.1, 0.15) is 0 Å². The number of nitrogen functional groups attached to an aromatic ring is 1. The smallest absolute Gasteiger partial charge is 0.216 e. The van der Waals surface area contributed by atoms with Gasteiger partial charge in [-0.15, -0.1) is 5.10 Å². The number of anilines is 1. The van der Waals surface area contributed by atoms with E-state index >= 15 is 0 Å². The number of hydrogen-bond acceptors (Lipinski definition) is 5. The molecule has 0 atom stereocenters. The molecule has 0 fully saturated rings. The molecular weight excluding hydrogens is 200 g/mol. The van der Waals surface area contributed by atoms with Gasteiger partial charge in [-0.3, -0.25) is 0 Å². The predicted molar refractivity (Wildman–Crippen MR) is 57.2 cm³/mol. The van der Waals surface area contributed by atoms with Crippen molar-refractivity contribution < 1.29 is 4.74 Å². The second-order valence-corrected chi connectivity index (χ2v) is 4.63. The van der Waals surface area contributed by atoms with E-state index in [0.717, 1.165) is 12.2 Å². The second kappa shape index (κ2) is 4.65. The van der Waals surface area contributed by atoms with Crippen LogP contribution in [0.5, 0.6) is 0 Å². The van der Waals surface area contributed by atoms with E-state index in [9.17, 15) is 0 Å². The molecule has 5 nitrogen and oxygen atoms in total. The van der Waals surface area contributed by atoms with Crippen LogP contribution in [0.1, 0.15) is 20.3 Å². The lowest BCUT2D eigenvalue weighted by Crippen LogP contribution is -2.22. The predicted octanol–water partition coefficient (Wildman–Crippen LogP) is 1.29. The maximum absolute atomic E-state index is 5.40. The van der Waals surface area contributed by atoms with Crippen LogP contribution in [0.3, 0.4) is 0 Å². The van der Waals surface area contributed by atoms with Crippen molar-refractivity contribution in [1.29, 1.82) is 0 Å². The fourth-order valence-corrected chi connectivity index (χ4v) is 1.86. The Morgan fingerprint density at radius 3 is 2.79 bits per heavy atom. The van der Waals surface area contributed by atoms with Gasteiger partial charge < -0.3 is 10.5 Å². The first-order valence-electron chi connectivity index (χ1n) is 4.39. The minimum Gasteiger partial charge on any atom is -0.379 e. The van der Waals surface area contributed by atoms with Crippen LogP contribution >= 0.6 is 11.8 Å². The van der Waals surface area contributed by atoms with E-state index in [0.29, 0.717) is 11.1 Å². The third kappa shape index (κ3) is 3.55. The molecule has 0 saturated heterocycles. The molecule has 1 heterocycles. The molecule has 1 rings (SSSR count). The highest BCUT2D eigenvalue weighted by Crippen LogP contribution is 2.20. The molecule has 1 aromatic heterocycles. The Balaban J connectivity index is 2.28. The third-order valence-electron chi connectivity index (χ3n) is 1.97. The quantitative estimate of drug-likeness (QED) is 0.725. The summed E-state index contributed by atoms with van der Waals surface area (Å²) in [5, 5.41) is 7.21. The Morgan fingerprint density at radius 1 is 1.57 bits per heavy atom. The van der Waals surface area contributed by atoms with E-state index < -0.39 is 0 Å². The fraction of sp³-hybridized carbons (Fsp3) is 0.750. The lowest BCUT2D eigenvalue weighted by atomic mass is 10.1. The van der Waals surface area contributed by atoms with Crippen molar-refractivity contribution in [3.8, 4) is 0 Å². The Kier molecular flexibility index (Phi) is 3.77. The molecule has 14 heavy (non-hydrogen) atoms. The van der Waals surface area contributed by atoms with Gasteiger partial charge >= 0.3 is 0 Å².